The lowest BCUT2D eigenvalue weighted by molar-refractivity contribution is -0.895. The lowest BCUT2D eigenvalue weighted by atomic mass is 10.0. The second-order valence-corrected chi connectivity index (χ2v) is 7.97. The fraction of sp³-hybridized carbons (Fsp3) is 0.312. The molecular weight excluding hydrogens is 362 g/mol. The second kappa shape index (κ2) is 5.37. The van der Waals surface area contributed by atoms with Gasteiger partial charge in [0.05, 0.1) is 24.0 Å². The molecule has 0 saturated carbocycles. The molecule has 1 amide bonds. The number of anilines is 1. The Balaban J connectivity index is 1.69. The molecule has 2 aromatic rings. The van der Waals surface area contributed by atoms with Gasteiger partial charge in [-0.05, 0) is 23.3 Å². The van der Waals surface area contributed by atoms with E-state index in [2.05, 4.69) is 33.6 Å². The topological polar surface area (TPSA) is 45.6 Å². The molecule has 1 unspecified atom stereocenters. The molecule has 1 aromatic carbocycles. The first kappa shape index (κ1) is 14.2. The van der Waals surface area contributed by atoms with Crippen molar-refractivity contribution in [2.45, 2.75) is 19.1 Å². The maximum atomic E-state index is 12.6. The highest BCUT2D eigenvalue weighted by Gasteiger charge is 2.33. The van der Waals surface area contributed by atoms with E-state index < -0.39 is 0 Å². The minimum atomic E-state index is -0.154. The third-order valence-electron chi connectivity index (χ3n) is 4.34. The van der Waals surface area contributed by atoms with Crippen LogP contribution in [0.1, 0.15) is 32.5 Å². The molecule has 0 spiro atoms. The summed E-state index contributed by atoms with van der Waals surface area (Å²) < 4.78 is 1.04. The van der Waals surface area contributed by atoms with E-state index >= 15 is 0 Å². The fourth-order valence-electron chi connectivity index (χ4n) is 3.15. The van der Waals surface area contributed by atoms with E-state index in [-0.39, 0.29) is 12.1 Å². The molecule has 114 valence electrons. The number of hydrogen-bond acceptors (Lipinski definition) is 3. The number of fused-ring (bicyclic) bond motifs is 3. The molecule has 2 aliphatic heterocycles. The Hall–Kier alpha value is -1.37. The maximum Gasteiger partial charge on any atom is 0.256 e. The number of thiophene rings is 1. The number of hydrogen-bond donors (Lipinski definition) is 3. The van der Waals surface area contributed by atoms with Gasteiger partial charge in [-0.25, -0.2) is 0 Å². The number of amides is 1. The minimum Gasteiger partial charge on any atom is -0.353 e. The predicted molar refractivity (Wildman–Crippen MR) is 91.5 cm³/mol. The SMILES string of the molecule is C[NH+]1CCc2c(sc3c2C(=O)N[C@H](c2ccc(Br)cc2)N3)C1. The van der Waals surface area contributed by atoms with Crippen molar-refractivity contribution in [1.82, 2.24) is 5.32 Å². The second-order valence-electron chi connectivity index (χ2n) is 5.94. The number of carbonyl (C=O) groups is 1. The van der Waals surface area contributed by atoms with Crippen LogP contribution in [-0.2, 0) is 13.0 Å². The number of quaternary nitrogens is 1. The fourth-order valence-corrected chi connectivity index (χ4v) is 4.81. The first-order valence-electron chi connectivity index (χ1n) is 7.40. The van der Waals surface area contributed by atoms with Crippen molar-refractivity contribution in [3.63, 3.8) is 0 Å². The Kier molecular flexibility index (Phi) is 3.47. The van der Waals surface area contributed by atoms with Crippen molar-refractivity contribution >= 4 is 38.2 Å². The molecule has 3 heterocycles. The van der Waals surface area contributed by atoms with E-state index in [0.717, 1.165) is 40.1 Å². The lowest BCUT2D eigenvalue weighted by Gasteiger charge is -2.27. The van der Waals surface area contributed by atoms with Gasteiger partial charge in [-0.1, -0.05) is 28.1 Å². The molecular formula is C16H17BrN3OS+. The Bertz CT molecular complexity index is 741. The van der Waals surface area contributed by atoms with Crippen molar-refractivity contribution < 1.29 is 9.69 Å². The van der Waals surface area contributed by atoms with Crippen molar-refractivity contribution in [2.75, 3.05) is 18.9 Å². The Labute approximate surface area is 141 Å². The predicted octanol–water partition coefficient (Wildman–Crippen LogP) is 1.94. The van der Waals surface area contributed by atoms with Gasteiger partial charge in [0.1, 0.15) is 17.7 Å². The van der Waals surface area contributed by atoms with E-state index in [4.69, 9.17) is 0 Å². The highest BCUT2D eigenvalue weighted by Crippen LogP contribution is 2.38. The third kappa shape index (κ3) is 2.35. The number of carbonyl (C=O) groups excluding carboxylic acids is 1. The van der Waals surface area contributed by atoms with Gasteiger partial charge in [0.25, 0.3) is 5.91 Å². The number of rotatable bonds is 1. The molecule has 3 N–H and O–H groups in total. The van der Waals surface area contributed by atoms with Gasteiger partial charge in [0, 0.05) is 10.9 Å². The first-order valence-corrected chi connectivity index (χ1v) is 9.01. The summed E-state index contributed by atoms with van der Waals surface area (Å²) >= 11 is 5.19. The summed E-state index contributed by atoms with van der Waals surface area (Å²) in [6, 6.07) is 8.05. The van der Waals surface area contributed by atoms with E-state index in [0.29, 0.717) is 0 Å². The highest BCUT2D eigenvalue weighted by molar-refractivity contribution is 9.10. The number of likely N-dealkylation sites (N-methyl/N-ethyl adjacent to an activating group) is 1. The highest BCUT2D eigenvalue weighted by atomic mass is 79.9. The number of halogens is 1. The van der Waals surface area contributed by atoms with Crippen LogP contribution in [0.2, 0.25) is 0 Å². The van der Waals surface area contributed by atoms with Gasteiger partial charge in [-0.2, -0.15) is 0 Å². The third-order valence-corrected chi connectivity index (χ3v) is 6.03. The van der Waals surface area contributed by atoms with Crippen LogP contribution in [0, 0.1) is 0 Å². The molecule has 6 heteroatoms. The van der Waals surface area contributed by atoms with Crippen LogP contribution in [0.15, 0.2) is 28.7 Å². The van der Waals surface area contributed by atoms with Crippen molar-refractivity contribution in [1.29, 1.82) is 0 Å². The summed E-state index contributed by atoms with van der Waals surface area (Å²) in [6.45, 7) is 2.12. The normalized spacial score (nSPS) is 23.3. The van der Waals surface area contributed by atoms with E-state index in [1.54, 1.807) is 11.3 Å². The zero-order valence-corrected chi connectivity index (χ0v) is 14.6. The molecule has 4 rings (SSSR count). The van der Waals surface area contributed by atoms with Crippen LogP contribution >= 0.6 is 27.3 Å². The molecule has 4 nitrogen and oxygen atoms in total. The quantitative estimate of drug-likeness (QED) is 0.709. The maximum absolute atomic E-state index is 12.6. The number of benzene rings is 1. The van der Waals surface area contributed by atoms with Crippen LogP contribution in [0.5, 0.6) is 0 Å². The molecule has 0 fully saturated rings. The van der Waals surface area contributed by atoms with Gasteiger partial charge >= 0.3 is 0 Å². The van der Waals surface area contributed by atoms with Gasteiger partial charge in [-0.15, -0.1) is 11.3 Å². The van der Waals surface area contributed by atoms with Crippen molar-refractivity contribution in [3.05, 3.63) is 50.3 Å². The smallest absolute Gasteiger partial charge is 0.256 e. The summed E-state index contributed by atoms with van der Waals surface area (Å²) in [5.41, 5.74) is 3.20. The van der Waals surface area contributed by atoms with Crippen LogP contribution in [0.25, 0.3) is 0 Å². The van der Waals surface area contributed by atoms with Crippen LogP contribution < -0.4 is 15.5 Å². The molecule has 22 heavy (non-hydrogen) atoms. The average molecular weight is 379 g/mol. The Morgan fingerprint density at radius 1 is 1.27 bits per heavy atom. The van der Waals surface area contributed by atoms with Crippen LogP contribution in [0.4, 0.5) is 5.00 Å². The van der Waals surface area contributed by atoms with Gasteiger partial charge in [-0.3, -0.25) is 4.79 Å². The Morgan fingerprint density at radius 2 is 2.05 bits per heavy atom. The minimum absolute atomic E-state index is 0.0544. The zero-order chi connectivity index (χ0) is 15.3. The molecule has 0 aliphatic carbocycles. The van der Waals surface area contributed by atoms with E-state index in [9.17, 15) is 4.79 Å². The van der Waals surface area contributed by atoms with Gasteiger partial charge in [0.15, 0.2) is 0 Å². The van der Waals surface area contributed by atoms with Gasteiger partial charge in [0.2, 0.25) is 0 Å². The number of nitrogens with one attached hydrogen (secondary N) is 3. The van der Waals surface area contributed by atoms with Gasteiger partial charge < -0.3 is 15.5 Å². The van der Waals surface area contributed by atoms with E-state index in [1.165, 1.54) is 15.3 Å². The molecule has 0 radical (unpaired) electrons. The van der Waals surface area contributed by atoms with E-state index in [1.807, 2.05) is 24.3 Å². The molecule has 0 bridgehead atoms. The molecule has 2 aliphatic rings. The summed E-state index contributed by atoms with van der Waals surface area (Å²) in [6.07, 6.45) is 0.837. The van der Waals surface area contributed by atoms with Crippen molar-refractivity contribution in [2.24, 2.45) is 0 Å². The summed E-state index contributed by atoms with van der Waals surface area (Å²) in [7, 11) is 2.21. The zero-order valence-electron chi connectivity index (χ0n) is 12.2. The van der Waals surface area contributed by atoms with Crippen LogP contribution in [0.3, 0.4) is 0 Å². The Morgan fingerprint density at radius 3 is 2.82 bits per heavy atom. The lowest BCUT2D eigenvalue weighted by Crippen LogP contribution is -3.08. The van der Waals surface area contributed by atoms with Crippen LogP contribution in [-0.4, -0.2) is 19.5 Å². The molecule has 1 aromatic heterocycles. The monoisotopic (exact) mass is 378 g/mol. The summed E-state index contributed by atoms with van der Waals surface area (Å²) in [5, 5.41) is 7.61. The molecule has 0 saturated heterocycles. The largest absolute Gasteiger partial charge is 0.353 e. The molecule has 2 atom stereocenters. The average Bonchev–Trinajstić information content (AvgIpc) is 2.85. The van der Waals surface area contributed by atoms with Crippen molar-refractivity contribution in [3.8, 4) is 0 Å². The summed E-state index contributed by atoms with van der Waals surface area (Å²) in [5.74, 6) is 0.0544. The first-order chi connectivity index (χ1) is 10.6. The summed E-state index contributed by atoms with van der Waals surface area (Å²) in [4.78, 5) is 15.5. The standard InChI is InChI=1S/C16H16BrN3OS/c1-20-7-6-11-12(8-20)22-16-13(11)15(21)18-14(19-16)9-2-4-10(17)5-3-9/h2-5,14,19H,6-8H2,1H3,(H,18,21)/p+1/t14-/m0/s1.